The summed E-state index contributed by atoms with van der Waals surface area (Å²) >= 11 is 1.70. The van der Waals surface area contributed by atoms with E-state index in [0.29, 0.717) is 12.5 Å². The van der Waals surface area contributed by atoms with Gasteiger partial charge in [-0.15, -0.1) is 11.8 Å². The van der Waals surface area contributed by atoms with Gasteiger partial charge in [0.25, 0.3) is 5.91 Å². The molecule has 1 N–H and O–H groups in total. The first-order valence-corrected chi connectivity index (χ1v) is 8.79. The lowest BCUT2D eigenvalue weighted by molar-refractivity contribution is 0.0949. The molecule has 116 valence electrons. The van der Waals surface area contributed by atoms with Crippen LogP contribution < -0.4 is 5.32 Å². The maximum atomic E-state index is 12.4. The quantitative estimate of drug-likeness (QED) is 0.798. The van der Waals surface area contributed by atoms with Crippen LogP contribution in [0.15, 0.2) is 41.6 Å². The number of imidazole rings is 1. The largest absolute Gasteiger partial charge is 0.350 e. The Balaban J connectivity index is 1.57. The highest BCUT2D eigenvalue weighted by atomic mass is 32.2. The maximum Gasteiger partial charge on any atom is 0.252 e. The number of hydrogen-bond acceptors (Lipinski definition) is 3. The van der Waals surface area contributed by atoms with Crippen LogP contribution in [0.2, 0.25) is 0 Å². The van der Waals surface area contributed by atoms with Gasteiger partial charge in [0.05, 0.1) is 5.56 Å². The molecule has 1 heterocycles. The van der Waals surface area contributed by atoms with Crippen molar-refractivity contribution in [3.05, 3.63) is 48.0 Å². The molecule has 5 heteroatoms. The van der Waals surface area contributed by atoms with E-state index in [4.69, 9.17) is 0 Å². The fourth-order valence-corrected chi connectivity index (χ4v) is 3.33. The van der Waals surface area contributed by atoms with Crippen LogP contribution in [-0.2, 0) is 6.54 Å². The van der Waals surface area contributed by atoms with E-state index >= 15 is 0 Å². The van der Waals surface area contributed by atoms with Crippen LogP contribution >= 0.6 is 11.8 Å². The van der Waals surface area contributed by atoms with Crippen LogP contribution in [0.1, 0.15) is 41.9 Å². The number of carbonyl (C=O) groups is 1. The summed E-state index contributed by atoms with van der Waals surface area (Å²) in [6.07, 6.45) is 6.33. The highest BCUT2D eigenvalue weighted by molar-refractivity contribution is 7.99. The Morgan fingerprint density at radius 3 is 3.00 bits per heavy atom. The molecule has 1 aliphatic rings. The molecule has 1 amide bonds. The molecule has 22 heavy (non-hydrogen) atoms. The summed E-state index contributed by atoms with van der Waals surface area (Å²) in [5, 5.41) is 3.02. The third kappa shape index (κ3) is 3.53. The predicted molar refractivity (Wildman–Crippen MR) is 89.4 cm³/mol. The normalized spacial score (nSPS) is 14.0. The van der Waals surface area contributed by atoms with Crippen LogP contribution in [0.3, 0.4) is 0 Å². The van der Waals surface area contributed by atoms with Gasteiger partial charge in [0.1, 0.15) is 5.82 Å². The number of rotatable bonds is 7. The molecule has 0 unspecified atom stereocenters. The van der Waals surface area contributed by atoms with Crippen molar-refractivity contribution in [1.82, 2.24) is 14.9 Å². The number of nitrogens with one attached hydrogen (secondary N) is 1. The zero-order valence-electron chi connectivity index (χ0n) is 12.8. The molecule has 0 bridgehead atoms. The fourth-order valence-electron chi connectivity index (χ4n) is 2.53. The monoisotopic (exact) mass is 315 g/mol. The lowest BCUT2D eigenvalue weighted by Gasteiger charge is -2.11. The molecule has 0 aliphatic heterocycles. The van der Waals surface area contributed by atoms with Gasteiger partial charge in [-0.3, -0.25) is 4.79 Å². The summed E-state index contributed by atoms with van der Waals surface area (Å²) in [5.41, 5.74) is 0.766. The molecule has 0 spiro atoms. The lowest BCUT2D eigenvalue weighted by Crippen LogP contribution is -2.28. The number of amides is 1. The summed E-state index contributed by atoms with van der Waals surface area (Å²) in [4.78, 5) is 17.8. The van der Waals surface area contributed by atoms with Crippen molar-refractivity contribution >= 4 is 17.7 Å². The van der Waals surface area contributed by atoms with Gasteiger partial charge < -0.3 is 9.88 Å². The van der Waals surface area contributed by atoms with Crippen LogP contribution in [0, 0.1) is 0 Å². The van der Waals surface area contributed by atoms with E-state index in [9.17, 15) is 4.79 Å². The summed E-state index contributed by atoms with van der Waals surface area (Å²) in [7, 11) is 0. The molecule has 1 fully saturated rings. The second-order valence-corrected chi connectivity index (χ2v) is 6.74. The zero-order valence-corrected chi connectivity index (χ0v) is 13.6. The standard InChI is InChI=1S/C17H21N3OS/c1-2-22-15-6-4-3-5-14(15)17(21)19-10-12-20-11-9-18-16(20)13-7-8-13/h3-6,9,11,13H,2,7-8,10,12H2,1H3,(H,19,21). The molecule has 1 saturated carbocycles. The van der Waals surface area contributed by atoms with E-state index in [0.717, 1.165) is 28.6 Å². The van der Waals surface area contributed by atoms with E-state index in [2.05, 4.69) is 21.8 Å². The minimum absolute atomic E-state index is 0.00429. The van der Waals surface area contributed by atoms with Crippen molar-refractivity contribution in [2.24, 2.45) is 0 Å². The van der Waals surface area contributed by atoms with Gasteiger partial charge >= 0.3 is 0 Å². The second-order valence-electron chi connectivity index (χ2n) is 5.44. The molecule has 1 aromatic heterocycles. The number of thioether (sulfide) groups is 1. The number of benzene rings is 1. The van der Waals surface area contributed by atoms with Crippen molar-refractivity contribution < 1.29 is 4.79 Å². The van der Waals surface area contributed by atoms with E-state index in [1.807, 2.05) is 36.7 Å². The van der Waals surface area contributed by atoms with Gasteiger partial charge in [0, 0.05) is 36.3 Å². The molecule has 1 aliphatic carbocycles. The molecular formula is C17H21N3OS. The fraction of sp³-hybridized carbons (Fsp3) is 0.412. The first-order chi connectivity index (χ1) is 10.8. The number of hydrogen-bond donors (Lipinski definition) is 1. The smallest absolute Gasteiger partial charge is 0.252 e. The molecule has 1 aromatic carbocycles. The Hall–Kier alpha value is -1.75. The minimum atomic E-state index is 0.00429. The zero-order chi connectivity index (χ0) is 15.4. The second kappa shape index (κ2) is 7.01. The first kappa shape index (κ1) is 15.2. The van der Waals surface area contributed by atoms with Crippen molar-refractivity contribution in [3.8, 4) is 0 Å². The third-order valence-corrected chi connectivity index (χ3v) is 4.72. The molecule has 0 atom stereocenters. The van der Waals surface area contributed by atoms with Gasteiger partial charge in [-0.2, -0.15) is 0 Å². The van der Waals surface area contributed by atoms with E-state index < -0.39 is 0 Å². The number of carbonyl (C=O) groups excluding carboxylic acids is 1. The SMILES string of the molecule is CCSc1ccccc1C(=O)NCCn1ccnc1C1CC1. The summed E-state index contributed by atoms with van der Waals surface area (Å²) < 4.78 is 2.16. The average Bonchev–Trinajstić information content (AvgIpc) is 3.27. The third-order valence-electron chi connectivity index (χ3n) is 3.76. The predicted octanol–water partition coefficient (Wildman–Crippen LogP) is 3.30. The molecule has 0 radical (unpaired) electrons. The maximum absolute atomic E-state index is 12.4. The van der Waals surface area contributed by atoms with Crippen molar-refractivity contribution in [3.63, 3.8) is 0 Å². The van der Waals surface area contributed by atoms with E-state index in [1.54, 1.807) is 11.8 Å². The van der Waals surface area contributed by atoms with Crippen LogP contribution in [0.4, 0.5) is 0 Å². The van der Waals surface area contributed by atoms with Crippen molar-refractivity contribution in [2.75, 3.05) is 12.3 Å². The van der Waals surface area contributed by atoms with Crippen molar-refractivity contribution in [2.45, 2.75) is 37.1 Å². The Kier molecular flexibility index (Phi) is 4.83. The van der Waals surface area contributed by atoms with Crippen LogP contribution in [0.5, 0.6) is 0 Å². The summed E-state index contributed by atoms with van der Waals surface area (Å²) in [6, 6.07) is 7.78. The van der Waals surface area contributed by atoms with E-state index in [-0.39, 0.29) is 5.91 Å². The van der Waals surface area contributed by atoms with Gasteiger partial charge in [0.2, 0.25) is 0 Å². The number of aromatic nitrogens is 2. The first-order valence-electron chi connectivity index (χ1n) is 7.80. The Bertz CT molecular complexity index is 649. The highest BCUT2D eigenvalue weighted by Gasteiger charge is 2.27. The Labute approximate surface area is 135 Å². The molecule has 2 aromatic rings. The topological polar surface area (TPSA) is 46.9 Å². The minimum Gasteiger partial charge on any atom is -0.350 e. The molecule has 4 nitrogen and oxygen atoms in total. The van der Waals surface area contributed by atoms with Gasteiger partial charge in [-0.1, -0.05) is 19.1 Å². The molecule has 3 rings (SSSR count). The Morgan fingerprint density at radius 2 is 2.23 bits per heavy atom. The summed E-state index contributed by atoms with van der Waals surface area (Å²) in [5.74, 6) is 2.76. The summed E-state index contributed by atoms with van der Waals surface area (Å²) in [6.45, 7) is 3.50. The van der Waals surface area contributed by atoms with Gasteiger partial charge in [-0.05, 0) is 30.7 Å². The molecule has 0 saturated heterocycles. The average molecular weight is 315 g/mol. The van der Waals surface area contributed by atoms with E-state index in [1.165, 1.54) is 12.8 Å². The Morgan fingerprint density at radius 1 is 1.41 bits per heavy atom. The van der Waals surface area contributed by atoms with Crippen molar-refractivity contribution in [1.29, 1.82) is 0 Å². The molecular weight excluding hydrogens is 294 g/mol. The van der Waals surface area contributed by atoms with Crippen LogP contribution in [0.25, 0.3) is 0 Å². The van der Waals surface area contributed by atoms with Gasteiger partial charge in [0.15, 0.2) is 0 Å². The number of nitrogens with zero attached hydrogens (tertiary/aromatic N) is 2. The highest BCUT2D eigenvalue weighted by Crippen LogP contribution is 2.38. The van der Waals surface area contributed by atoms with Gasteiger partial charge in [-0.25, -0.2) is 4.98 Å². The van der Waals surface area contributed by atoms with Crippen LogP contribution in [-0.4, -0.2) is 27.8 Å². The lowest BCUT2D eigenvalue weighted by atomic mass is 10.2.